The van der Waals surface area contributed by atoms with Crippen LogP contribution in [0.4, 0.5) is 0 Å². The molecule has 0 amide bonds. The van der Waals surface area contributed by atoms with Crippen molar-refractivity contribution in [1.82, 2.24) is 0 Å². The van der Waals surface area contributed by atoms with Crippen molar-refractivity contribution in [2.24, 2.45) is 0 Å². The van der Waals surface area contributed by atoms with E-state index in [-0.39, 0.29) is 32.7 Å². The fourth-order valence-corrected chi connectivity index (χ4v) is 3.57. The topological polar surface area (TPSA) is 18.5 Å². The van der Waals surface area contributed by atoms with Crippen LogP contribution in [0, 0.1) is 13.8 Å². The zero-order valence-electron chi connectivity index (χ0n) is 15.1. The molecule has 0 saturated carbocycles. The van der Waals surface area contributed by atoms with Gasteiger partial charge in [0.05, 0.1) is 19.7 Å². The van der Waals surface area contributed by atoms with Crippen LogP contribution in [0.1, 0.15) is 36.8 Å². The second kappa shape index (κ2) is 10.8. The molecular formula is C19H32NO2Y+. The summed E-state index contributed by atoms with van der Waals surface area (Å²) < 4.78 is 12.7. The van der Waals surface area contributed by atoms with Crippen molar-refractivity contribution >= 4 is 0 Å². The van der Waals surface area contributed by atoms with Gasteiger partial charge >= 0.3 is 0 Å². The molecule has 3 nitrogen and oxygen atoms in total. The van der Waals surface area contributed by atoms with Gasteiger partial charge < -0.3 is 14.0 Å². The number of methoxy groups -OCH3 is 1. The summed E-state index contributed by atoms with van der Waals surface area (Å²) in [5.41, 5.74) is 2.47. The van der Waals surface area contributed by atoms with Crippen molar-refractivity contribution in [3.8, 4) is 5.75 Å². The number of benzene rings is 1. The average Bonchev–Trinajstić information content (AvgIpc) is 2.74. The molecule has 127 valence electrons. The summed E-state index contributed by atoms with van der Waals surface area (Å²) in [6.07, 6.45) is 5.44. The molecule has 1 aromatic carbocycles. The predicted octanol–water partition coefficient (Wildman–Crippen LogP) is 3.72. The van der Waals surface area contributed by atoms with Crippen LogP contribution in [0.2, 0.25) is 0 Å². The quantitative estimate of drug-likeness (QED) is 0.656. The van der Waals surface area contributed by atoms with Gasteiger partial charge in [-0.25, -0.2) is 0 Å². The first-order valence-electron chi connectivity index (χ1n) is 8.70. The van der Waals surface area contributed by atoms with Gasteiger partial charge in [0, 0.05) is 39.8 Å². The van der Waals surface area contributed by atoms with E-state index >= 15 is 0 Å². The third-order valence-corrected chi connectivity index (χ3v) is 5.01. The summed E-state index contributed by atoms with van der Waals surface area (Å²) in [5, 5.41) is 0. The summed E-state index contributed by atoms with van der Waals surface area (Å²) >= 11 is 0. The molecule has 0 atom stereocenters. The Morgan fingerprint density at radius 1 is 0.913 bits per heavy atom. The van der Waals surface area contributed by atoms with Crippen molar-refractivity contribution in [1.29, 1.82) is 0 Å². The van der Waals surface area contributed by atoms with Crippen molar-refractivity contribution < 1.29 is 46.7 Å². The molecule has 1 fully saturated rings. The Hall–Kier alpha value is 0.0439. The van der Waals surface area contributed by atoms with Crippen LogP contribution in [0.25, 0.3) is 0 Å². The molecule has 1 heterocycles. The Morgan fingerprint density at radius 2 is 1.48 bits per heavy atom. The molecule has 1 aliphatic rings. The van der Waals surface area contributed by atoms with E-state index in [9.17, 15) is 0 Å². The molecule has 1 radical (unpaired) electrons. The Balaban J connectivity index is 0.00000264. The summed E-state index contributed by atoms with van der Waals surface area (Å²) in [5.74, 6) is 1.07. The minimum atomic E-state index is 0. The normalized spacial score (nSPS) is 17.2. The number of para-hydroxylation sites is 1. The monoisotopic (exact) mass is 395 g/mol. The van der Waals surface area contributed by atoms with E-state index in [0.717, 1.165) is 32.1 Å². The van der Waals surface area contributed by atoms with Gasteiger partial charge in [0.2, 0.25) is 0 Å². The number of likely N-dealkylation sites (tertiary alicyclic amines) is 1. The summed E-state index contributed by atoms with van der Waals surface area (Å²) in [6, 6.07) is 6.35. The van der Waals surface area contributed by atoms with E-state index < -0.39 is 0 Å². The zero-order chi connectivity index (χ0) is 15.8. The Labute approximate surface area is 167 Å². The number of ether oxygens (including phenoxy) is 2. The summed E-state index contributed by atoms with van der Waals surface area (Å²) in [4.78, 5) is 0. The summed E-state index contributed by atoms with van der Waals surface area (Å²) in [7, 11) is 1.81. The maximum atomic E-state index is 6.16. The smallest absolute Gasteiger partial charge is 0.137 e. The third-order valence-electron chi connectivity index (χ3n) is 5.01. The Morgan fingerprint density at radius 3 is 2.04 bits per heavy atom. The number of quaternary nitrogens is 1. The van der Waals surface area contributed by atoms with Gasteiger partial charge in [0.25, 0.3) is 0 Å². The number of hydrogen-bond donors (Lipinski definition) is 0. The van der Waals surface area contributed by atoms with Crippen LogP contribution >= 0.6 is 0 Å². The van der Waals surface area contributed by atoms with Crippen LogP contribution in [0.15, 0.2) is 18.2 Å². The van der Waals surface area contributed by atoms with Crippen molar-refractivity contribution in [2.45, 2.75) is 39.5 Å². The molecule has 1 saturated heterocycles. The van der Waals surface area contributed by atoms with Gasteiger partial charge in [0.1, 0.15) is 25.4 Å². The van der Waals surface area contributed by atoms with Gasteiger partial charge in [-0.1, -0.05) is 18.2 Å². The second-order valence-electron chi connectivity index (χ2n) is 6.71. The molecule has 1 aliphatic heterocycles. The first-order chi connectivity index (χ1) is 10.7. The van der Waals surface area contributed by atoms with E-state index in [4.69, 9.17) is 9.47 Å². The fraction of sp³-hybridized carbons (Fsp3) is 0.684. The average molecular weight is 395 g/mol. The molecular weight excluding hydrogens is 363 g/mol. The van der Waals surface area contributed by atoms with Crippen molar-refractivity contribution in [3.63, 3.8) is 0 Å². The van der Waals surface area contributed by atoms with Crippen LogP contribution in [0.3, 0.4) is 0 Å². The fourth-order valence-electron chi connectivity index (χ4n) is 3.57. The van der Waals surface area contributed by atoms with Crippen molar-refractivity contribution in [2.75, 3.05) is 46.5 Å². The molecule has 2 rings (SSSR count). The van der Waals surface area contributed by atoms with Crippen LogP contribution in [0.5, 0.6) is 5.75 Å². The predicted molar refractivity (Wildman–Crippen MR) is 91.5 cm³/mol. The van der Waals surface area contributed by atoms with E-state index in [0.29, 0.717) is 0 Å². The Kier molecular flexibility index (Phi) is 9.92. The van der Waals surface area contributed by atoms with E-state index in [1.165, 1.54) is 54.4 Å². The molecule has 0 unspecified atom stereocenters. The minimum Gasteiger partial charge on any atom is -0.487 e. The van der Waals surface area contributed by atoms with E-state index in [2.05, 4.69) is 32.0 Å². The van der Waals surface area contributed by atoms with Crippen LogP contribution < -0.4 is 4.74 Å². The molecule has 0 aromatic heterocycles. The largest absolute Gasteiger partial charge is 0.487 e. The molecule has 4 heteroatoms. The minimum absolute atomic E-state index is 0. The molecule has 23 heavy (non-hydrogen) atoms. The third kappa shape index (κ3) is 6.45. The van der Waals surface area contributed by atoms with Gasteiger partial charge in [-0.15, -0.1) is 0 Å². The number of rotatable bonds is 7. The first-order valence-corrected chi connectivity index (χ1v) is 8.70. The van der Waals surface area contributed by atoms with Gasteiger partial charge in [-0.05, 0) is 50.7 Å². The van der Waals surface area contributed by atoms with Gasteiger partial charge in [0.15, 0.2) is 0 Å². The standard InChI is InChI=1S/C19H32NO2.Y/c1-17-9-8-10-18(2)19(17)22-16-14-20(13-15-21-3)11-6-4-5-7-12-20;/h8-10H,4-7,11-16H2,1-3H3;/q+1;. The van der Waals surface area contributed by atoms with Crippen molar-refractivity contribution in [3.05, 3.63) is 29.3 Å². The molecule has 0 aliphatic carbocycles. The van der Waals surface area contributed by atoms with Gasteiger partial charge in [-0.2, -0.15) is 0 Å². The van der Waals surface area contributed by atoms with Crippen LogP contribution in [-0.2, 0) is 37.4 Å². The van der Waals surface area contributed by atoms with Gasteiger partial charge in [-0.3, -0.25) is 0 Å². The molecule has 0 spiro atoms. The zero-order valence-corrected chi connectivity index (χ0v) is 18.0. The first kappa shape index (κ1) is 21.1. The molecule has 1 aromatic rings. The molecule has 0 bridgehead atoms. The van der Waals surface area contributed by atoms with E-state index in [1.54, 1.807) is 0 Å². The molecule has 0 N–H and O–H groups in total. The van der Waals surface area contributed by atoms with Crippen LogP contribution in [-0.4, -0.2) is 51.0 Å². The number of aryl methyl sites for hydroxylation is 2. The SMILES string of the molecule is COCC[N+]1(CCOc2c(C)cccc2C)CCCCCC1.[Y]. The second-order valence-corrected chi connectivity index (χ2v) is 6.71. The Bertz CT molecular complexity index is 436. The maximum Gasteiger partial charge on any atom is 0.137 e. The van der Waals surface area contributed by atoms with E-state index in [1.807, 2.05) is 7.11 Å². The summed E-state index contributed by atoms with van der Waals surface area (Å²) in [6.45, 7) is 10.7. The number of nitrogens with zero attached hydrogens (tertiary/aromatic N) is 1. The number of hydrogen-bond acceptors (Lipinski definition) is 2. The maximum absolute atomic E-state index is 6.16.